The van der Waals surface area contributed by atoms with Gasteiger partial charge in [0.15, 0.2) is 0 Å². The van der Waals surface area contributed by atoms with Gasteiger partial charge in [-0.25, -0.2) is 0 Å². The molecule has 0 spiro atoms. The predicted octanol–water partition coefficient (Wildman–Crippen LogP) is 0.388. The van der Waals surface area contributed by atoms with E-state index in [0.29, 0.717) is 13.0 Å². The molecular weight excluding hydrogens is 176 g/mol. The highest BCUT2D eigenvalue weighted by atomic mass is 35.5. The van der Waals surface area contributed by atoms with Crippen LogP contribution in [0.3, 0.4) is 0 Å². The second-order valence-corrected chi connectivity index (χ2v) is 4.06. The van der Waals surface area contributed by atoms with Gasteiger partial charge in [-0.2, -0.15) is 0 Å². The van der Waals surface area contributed by atoms with Crippen LogP contribution < -0.4 is 0 Å². The van der Waals surface area contributed by atoms with Gasteiger partial charge in [0.1, 0.15) is 0 Å². The van der Waals surface area contributed by atoms with Crippen molar-refractivity contribution in [3.63, 3.8) is 0 Å². The van der Waals surface area contributed by atoms with Gasteiger partial charge in [0, 0.05) is 26.1 Å². The molecule has 0 aromatic carbocycles. The maximum atomic E-state index is 11.2. The van der Waals surface area contributed by atoms with Gasteiger partial charge >= 0.3 is 0 Å². The number of amides is 1. The van der Waals surface area contributed by atoms with Crippen LogP contribution in [0.5, 0.6) is 0 Å². The molecule has 1 atom stereocenters. The lowest BCUT2D eigenvalue weighted by Crippen LogP contribution is -2.32. The van der Waals surface area contributed by atoms with Crippen LogP contribution in [-0.2, 0) is 4.79 Å². The van der Waals surface area contributed by atoms with Crippen molar-refractivity contribution >= 4 is 17.5 Å². The molecule has 0 aromatic rings. The molecule has 1 fully saturated rings. The smallest absolute Gasteiger partial charge is 0.224 e. The van der Waals surface area contributed by atoms with Gasteiger partial charge in [0.2, 0.25) is 5.91 Å². The van der Waals surface area contributed by atoms with E-state index in [4.69, 9.17) is 11.6 Å². The first-order valence-corrected chi connectivity index (χ1v) is 4.60. The number of rotatable bonds is 3. The number of halogens is 1. The van der Waals surface area contributed by atoms with Crippen molar-refractivity contribution in [3.05, 3.63) is 0 Å². The Bertz CT molecular complexity index is 172. The number of alkyl halides is 1. The second-order valence-electron chi connectivity index (χ2n) is 3.44. The van der Waals surface area contributed by atoms with Gasteiger partial charge in [-0.1, -0.05) is 0 Å². The Labute approximate surface area is 78.3 Å². The summed E-state index contributed by atoms with van der Waals surface area (Å²) in [6.45, 7) is 2.43. The van der Waals surface area contributed by atoms with Crippen LogP contribution in [0.4, 0.5) is 0 Å². The molecule has 1 unspecified atom stereocenters. The zero-order valence-electron chi connectivity index (χ0n) is 7.59. The summed E-state index contributed by atoms with van der Waals surface area (Å²) in [5.74, 6) is 0.192. The lowest BCUT2D eigenvalue weighted by Gasteiger charge is -2.18. The molecule has 1 heterocycles. The number of likely N-dealkylation sites (tertiary alicyclic amines) is 1. The van der Waals surface area contributed by atoms with Crippen LogP contribution in [-0.4, -0.2) is 54.8 Å². The standard InChI is InChI=1S/C8H15ClN2O/c1-10(2)3-4-11-6-7(9)5-8(11)12/h7H,3-6H2,1-2H3. The third kappa shape index (κ3) is 2.64. The summed E-state index contributed by atoms with van der Waals surface area (Å²) in [7, 11) is 4.00. The highest BCUT2D eigenvalue weighted by molar-refractivity contribution is 6.22. The molecule has 0 aromatic heterocycles. The van der Waals surface area contributed by atoms with Gasteiger partial charge in [-0.15, -0.1) is 11.6 Å². The van der Waals surface area contributed by atoms with Crippen LogP contribution in [0.15, 0.2) is 0 Å². The Morgan fingerprint density at radius 2 is 2.33 bits per heavy atom. The van der Waals surface area contributed by atoms with E-state index in [2.05, 4.69) is 4.90 Å². The molecular formula is C8H15ClN2O. The summed E-state index contributed by atoms with van der Waals surface area (Å²) < 4.78 is 0. The van der Waals surface area contributed by atoms with Crippen molar-refractivity contribution < 1.29 is 4.79 Å². The molecule has 0 radical (unpaired) electrons. The third-order valence-electron chi connectivity index (χ3n) is 1.98. The van der Waals surface area contributed by atoms with Gasteiger partial charge in [0.05, 0.1) is 5.38 Å². The van der Waals surface area contributed by atoms with E-state index in [1.807, 2.05) is 19.0 Å². The Morgan fingerprint density at radius 3 is 2.75 bits per heavy atom. The Kier molecular flexibility index (Phi) is 3.35. The first-order valence-electron chi connectivity index (χ1n) is 4.16. The molecule has 4 heteroatoms. The monoisotopic (exact) mass is 190 g/mol. The Morgan fingerprint density at radius 1 is 1.67 bits per heavy atom. The predicted molar refractivity (Wildman–Crippen MR) is 49.4 cm³/mol. The molecule has 1 saturated heterocycles. The lowest BCUT2D eigenvalue weighted by atomic mass is 10.4. The molecule has 0 saturated carbocycles. The molecule has 1 amide bonds. The molecule has 3 nitrogen and oxygen atoms in total. The Balaban J connectivity index is 2.28. The number of likely N-dealkylation sites (N-methyl/N-ethyl adjacent to an activating group) is 1. The molecule has 0 bridgehead atoms. The molecule has 12 heavy (non-hydrogen) atoms. The summed E-state index contributed by atoms with van der Waals surface area (Å²) in [4.78, 5) is 15.1. The highest BCUT2D eigenvalue weighted by Gasteiger charge is 2.27. The zero-order valence-corrected chi connectivity index (χ0v) is 8.34. The number of hydrogen-bond donors (Lipinski definition) is 0. The highest BCUT2D eigenvalue weighted by Crippen LogP contribution is 2.15. The van der Waals surface area contributed by atoms with Gasteiger partial charge in [-0.05, 0) is 14.1 Å². The van der Waals surface area contributed by atoms with E-state index in [1.54, 1.807) is 0 Å². The molecule has 1 aliphatic rings. The van der Waals surface area contributed by atoms with Crippen molar-refractivity contribution in [3.8, 4) is 0 Å². The van der Waals surface area contributed by atoms with E-state index >= 15 is 0 Å². The molecule has 0 aliphatic carbocycles. The average molecular weight is 191 g/mol. The largest absolute Gasteiger partial charge is 0.340 e. The van der Waals surface area contributed by atoms with Crippen molar-refractivity contribution in [1.82, 2.24) is 9.80 Å². The van der Waals surface area contributed by atoms with Crippen LogP contribution >= 0.6 is 11.6 Å². The topological polar surface area (TPSA) is 23.6 Å². The first kappa shape index (κ1) is 9.81. The van der Waals surface area contributed by atoms with Crippen LogP contribution in [0.2, 0.25) is 0 Å². The minimum atomic E-state index is 0.0275. The van der Waals surface area contributed by atoms with Gasteiger partial charge < -0.3 is 9.80 Å². The fraction of sp³-hybridized carbons (Fsp3) is 0.875. The number of carbonyl (C=O) groups is 1. The van der Waals surface area contributed by atoms with Gasteiger partial charge in [0.25, 0.3) is 0 Å². The maximum Gasteiger partial charge on any atom is 0.224 e. The Hall–Kier alpha value is -0.280. The minimum Gasteiger partial charge on any atom is -0.340 e. The van der Waals surface area contributed by atoms with E-state index in [9.17, 15) is 4.79 Å². The van der Waals surface area contributed by atoms with Crippen molar-refractivity contribution in [2.75, 3.05) is 33.7 Å². The van der Waals surface area contributed by atoms with Gasteiger partial charge in [-0.3, -0.25) is 4.79 Å². The molecule has 1 rings (SSSR count). The van der Waals surface area contributed by atoms with Crippen molar-refractivity contribution in [1.29, 1.82) is 0 Å². The summed E-state index contributed by atoms with van der Waals surface area (Å²) in [5, 5.41) is 0.0275. The summed E-state index contributed by atoms with van der Waals surface area (Å²) >= 11 is 5.84. The number of nitrogens with zero attached hydrogens (tertiary/aromatic N) is 2. The molecule has 0 N–H and O–H groups in total. The SMILES string of the molecule is CN(C)CCN1CC(Cl)CC1=O. The average Bonchev–Trinajstić information content (AvgIpc) is 2.26. The summed E-state index contributed by atoms with van der Waals surface area (Å²) in [5.41, 5.74) is 0. The lowest BCUT2D eigenvalue weighted by molar-refractivity contribution is -0.127. The summed E-state index contributed by atoms with van der Waals surface area (Å²) in [6.07, 6.45) is 0.509. The van der Waals surface area contributed by atoms with Crippen molar-refractivity contribution in [2.24, 2.45) is 0 Å². The van der Waals surface area contributed by atoms with Crippen molar-refractivity contribution in [2.45, 2.75) is 11.8 Å². The minimum absolute atomic E-state index is 0.0275. The zero-order chi connectivity index (χ0) is 9.14. The quantitative estimate of drug-likeness (QED) is 0.602. The fourth-order valence-corrected chi connectivity index (χ4v) is 1.56. The molecule has 1 aliphatic heterocycles. The van der Waals surface area contributed by atoms with E-state index in [1.165, 1.54) is 0 Å². The van der Waals surface area contributed by atoms with E-state index in [-0.39, 0.29) is 11.3 Å². The first-order chi connectivity index (χ1) is 5.59. The third-order valence-corrected chi connectivity index (χ3v) is 2.28. The maximum absolute atomic E-state index is 11.2. The van der Waals surface area contributed by atoms with Crippen LogP contribution in [0.1, 0.15) is 6.42 Å². The molecule has 70 valence electrons. The van der Waals surface area contributed by atoms with E-state index < -0.39 is 0 Å². The second kappa shape index (κ2) is 4.10. The number of hydrogen-bond acceptors (Lipinski definition) is 2. The number of carbonyl (C=O) groups excluding carboxylic acids is 1. The van der Waals surface area contributed by atoms with Crippen LogP contribution in [0, 0.1) is 0 Å². The van der Waals surface area contributed by atoms with Crippen LogP contribution in [0.25, 0.3) is 0 Å². The van der Waals surface area contributed by atoms with E-state index in [0.717, 1.165) is 13.1 Å². The fourth-order valence-electron chi connectivity index (χ4n) is 1.26. The normalized spacial score (nSPS) is 24.2. The summed E-state index contributed by atoms with van der Waals surface area (Å²) in [6, 6.07) is 0.